The summed E-state index contributed by atoms with van der Waals surface area (Å²) >= 11 is 1.74. The van der Waals surface area contributed by atoms with Gasteiger partial charge in [0.25, 0.3) is 0 Å². The van der Waals surface area contributed by atoms with Gasteiger partial charge in [0.05, 0.1) is 0 Å². The maximum absolute atomic E-state index is 11.2. The molecular formula is C11H21N3OS. The summed E-state index contributed by atoms with van der Waals surface area (Å²) in [6.07, 6.45) is 0.511. The van der Waals surface area contributed by atoms with Gasteiger partial charge in [0, 0.05) is 31.8 Å². The predicted molar refractivity (Wildman–Crippen MR) is 69.8 cm³/mol. The van der Waals surface area contributed by atoms with Crippen molar-refractivity contribution in [3.05, 3.63) is 0 Å². The molecule has 0 unspecified atom stereocenters. The third-order valence-corrected chi connectivity index (χ3v) is 3.73. The van der Waals surface area contributed by atoms with Gasteiger partial charge >= 0.3 is 0 Å². The van der Waals surface area contributed by atoms with Crippen LogP contribution in [0.2, 0.25) is 0 Å². The van der Waals surface area contributed by atoms with E-state index in [9.17, 15) is 4.79 Å². The number of hydrogen-bond acceptors (Lipinski definition) is 4. The molecule has 16 heavy (non-hydrogen) atoms. The van der Waals surface area contributed by atoms with Crippen molar-refractivity contribution < 1.29 is 4.79 Å². The highest BCUT2D eigenvalue weighted by molar-refractivity contribution is 8.13. The van der Waals surface area contributed by atoms with E-state index in [4.69, 9.17) is 0 Å². The Morgan fingerprint density at radius 1 is 1.56 bits per heavy atom. The van der Waals surface area contributed by atoms with Crippen LogP contribution in [0.15, 0.2) is 4.99 Å². The maximum atomic E-state index is 11.2. The van der Waals surface area contributed by atoms with Gasteiger partial charge in [0.15, 0.2) is 5.17 Å². The van der Waals surface area contributed by atoms with Crippen LogP contribution in [-0.2, 0) is 4.79 Å². The van der Waals surface area contributed by atoms with Gasteiger partial charge in [-0.05, 0) is 12.3 Å². The monoisotopic (exact) mass is 243 g/mol. The third-order valence-electron chi connectivity index (χ3n) is 2.25. The van der Waals surface area contributed by atoms with Crippen molar-refractivity contribution in [2.75, 3.05) is 25.4 Å². The van der Waals surface area contributed by atoms with Crippen LogP contribution in [0.3, 0.4) is 0 Å². The lowest BCUT2D eigenvalue weighted by Gasteiger charge is -2.27. The molecule has 1 rings (SSSR count). The van der Waals surface area contributed by atoms with Crippen molar-refractivity contribution >= 4 is 22.8 Å². The van der Waals surface area contributed by atoms with E-state index in [1.54, 1.807) is 11.8 Å². The molecule has 1 amide bonds. The third kappa shape index (κ3) is 4.88. The molecule has 0 radical (unpaired) electrons. The number of aliphatic imine (C=N–C) groups is 1. The van der Waals surface area contributed by atoms with Crippen LogP contribution in [0.1, 0.15) is 27.2 Å². The Hall–Kier alpha value is -0.710. The van der Waals surface area contributed by atoms with Crippen LogP contribution in [-0.4, -0.2) is 36.5 Å². The summed E-state index contributed by atoms with van der Waals surface area (Å²) in [5.41, 5.74) is 0.301. The molecule has 0 spiro atoms. The summed E-state index contributed by atoms with van der Waals surface area (Å²) in [5.74, 6) is 1.18. The largest absolute Gasteiger partial charge is 0.364 e. The van der Waals surface area contributed by atoms with E-state index in [0.717, 1.165) is 17.5 Å². The van der Waals surface area contributed by atoms with Crippen LogP contribution in [0.5, 0.6) is 0 Å². The minimum absolute atomic E-state index is 0.0942. The summed E-state index contributed by atoms with van der Waals surface area (Å²) in [6.45, 7) is 8.59. The molecule has 2 N–H and O–H groups in total. The lowest BCUT2D eigenvalue weighted by Crippen LogP contribution is -2.33. The normalized spacial score (nSPS) is 18.8. The number of nitrogens with one attached hydrogen (secondary N) is 2. The Bertz CT molecular complexity index is 276. The SMILES string of the molecule is CCNC(=O)CCNC1=NCC(C)(C)CS1. The van der Waals surface area contributed by atoms with E-state index in [-0.39, 0.29) is 5.91 Å². The van der Waals surface area contributed by atoms with Crippen molar-refractivity contribution in [1.82, 2.24) is 10.6 Å². The Morgan fingerprint density at radius 2 is 2.31 bits per heavy atom. The second-order valence-electron chi connectivity index (χ2n) is 4.70. The minimum atomic E-state index is 0.0942. The molecule has 92 valence electrons. The number of amides is 1. The zero-order valence-corrected chi connectivity index (χ0v) is 11.1. The van der Waals surface area contributed by atoms with Gasteiger partial charge in [0.2, 0.25) is 5.91 Å². The molecule has 0 bridgehead atoms. The first-order valence-corrected chi connectivity index (χ1v) is 6.70. The minimum Gasteiger partial charge on any atom is -0.364 e. The van der Waals surface area contributed by atoms with Gasteiger partial charge in [-0.15, -0.1) is 0 Å². The van der Waals surface area contributed by atoms with Crippen molar-refractivity contribution in [1.29, 1.82) is 0 Å². The summed E-state index contributed by atoms with van der Waals surface area (Å²) in [5, 5.41) is 6.95. The number of hydrogen-bond donors (Lipinski definition) is 2. The molecule has 0 aromatic heterocycles. The molecule has 1 aliphatic rings. The molecule has 0 aromatic rings. The molecule has 0 fully saturated rings. The molecule has 5 heteroatoms. The quantitative estimate of drug-likeness (QED) is 0.781. The first-order valence-electron chi connectivity index (χ1n) is 5.71. The first-order chi connectivity index (χ1) is 7.53. The second kappa shape index (κ2) is 6.13. The highest BCUT2D eigenvalue weighted by atomic mass is 32.2. The lowest BCUT2D eigenvalue weighted by atomic mass is 9.97. The first kappa shape index (κ1) is 13.4. The lowest BCUT2D eigenvalue weighted by molar-refractivity contribution is -0.120. The fourth-order valence-electron chi connectivity index (χ4n) is 1.32. The van der Waals surface area contributed by atoms with E-state index in [2.05, 4.69) is 29.5 Å². The van der Waals surface area contributed by atoms with Crippen molar-refractivity contribution in [3.63, 3.8) is 0 Å². The molecule has 0 atom stereocenters. The number of nitrogens with zero attached hydrogens (tertiary/aromatic N) is 1. The van der Waals surface area contributed by atoms with E-state index in [1.807, 2.05) is 6.92 Å². The maximum Gasteiger partial charge on any atom is 0.221 e. The number of rotatable bonds is 4. The van der Waals surface area contributed by atoms with Crippen LogP contribution < -0.4 is 10.6 Å². The highest BCUT2D eigenvalue weighted by Crippen LogP contribution is 2.26. The second-order valence-corrected chi connectivity index (χ2v) is 5.67. The van der Waals surface area contributed by atoms with Crippen molar-refractivity contribution in [2.45, 2.75) is 27.2 Å². The van der Waals surface area contributed by atoms with Gasteiger partial charge in [-0.2, -0.15) is 0 Å². The van der Waals surface area contributed by atoms with Crippen LogP contribution in [0.25, 0.3) is 0 Å². The molecule has 1 aliphatic heterocycles. The summed E-state index contributed by atoms with van der Waals surface area (Å²) in [4.78, 5) is 15.7. The average molecular weight is 243 g/mol. The summed E-state index contributed by atoms with van der Waals surface area (Å²) in [7, 11) is 0. The number of amidine groups is 1. The Labute approximate surface area is 102 Å². The van der Waals surface area contributed by atoms with Gasteiger partial charge in [0.1, 0.15) is 0 Å². The Kier molecular flexibility index (Phi) is 5.12. The Balaban J connectivity index is 2.19. The smallest absolute Gasteiger partial charge is 0.221 e. The van der Waals surface area contributed by atoms with Crippen LogP contribution >= 0.6 is 11.8 Å². The highest BCUT2D eigenvalue weighted by Gasteiger charge is 2.23. The summed E-state index contributed by atoms with van der Waals surface area (Å²) in [6, 6.07) is 0. The zero-order chi connectivity index (χ0) is 12.0. The van der Waals surface area contributed by atoms with Gasteiger partial charge < -0.3 is 10.6 Å². The predicted octanol–water partition coefficient (Wildman–Crippen LogP) is 1.23. The molecule has 0 saturated heterocycles. The standard InChI is InChI=1S/C11H21N3OS/c1-4-12-9(15)5-6-13-10-14-7-11(2,3)8-16-10/h4-8H2,1-3H3,(H,12,15)(H,13,14). The molecular weight excluding hydrogens is 222 g/mol. The molecule has 0 aromatic carbocycles. The van der Waals surface area contributed by atoms with E-state index >= 15 is 0 Å². The topological polar surface area (TPSA) is 53.5 Å². The molecule has 1 heterocycles. The fraction of sp³-hybridized carbons (Fsp3) is 0.818. The summed E-state index contributed by atoms with van der Waals surface area (Å²) < 4.78 is 0. The van der Waals surface area contributed by atoms with Gasteiger partial charge in [-0.25, -0.2) is 0 Å². The van der Waals surface area contributed by atoms with Crippen LogP contribution in [0.4, 0.5) is 0 Å². The number of thioether (sulfide) groups is 1. The van der Waals surface area contributed by atoms with Crippen molar-refractivity contribution in [3.8, 4) is 0 Å². The fourth-order valence-corrected chi connectivity index (χ4v) is 2.29. The Morgan fingerprint density at radius 3 is 2.88 bits per heavy atom. The van der Waals surface area contributed by atoms with E-state index in [0.29, 0.717) is 24.9 Å². The molecule has 4 nitrogen and oxygen atoms in total. The van der Waals surface area contributed by atoms with Crippen LogP contribution in [0, 0.1) is 5.41 Å². The molecule has 0 aliphatic carbocycles. The van der Waals surface area contributed by atoms with Crippen molar-refractivity contribution in [2.24, 2.45) is 10.4 Å². The zero-order valence-electron chi connectivity index (χ0n) is 10.3. The van der Waals surface area contributed by atoms with E-state index in [1.165, 1.54) is 0 Å². The molecule has 0 saturated carbocycles. The van der Waals surface area contributed by atoms with Gasteiger partial charge in [-0.3, -0.25) is 9.79 Å². The average Bonchev–Trinajstić information content (AvgIpc) is 2.21. The number of carbonyl (C=O) groups is 1. The van der Waals surface area contributed by atoms with E-state index < -0.39 is 0 Å². The number of carbonyl (C=O) groups excluding carboxylic acids is 1. The van der Waals surface area contributed by atoms with Gasteiger partial charge in [-0.1, -0.05) is 25.6 Å².